The summed E-state index contributed by atoms with van der Waals surface area (Å²) in [6.07, 6.45) is 2.72. The second-order valence-corrected chi connectivity index (χ2v) is 9.29. The number of anilines is 1. The molecule has 3 heterocycles. The van der Waals surface area contributed by atoms with Crippen LogP contribution in [-0.4, -0.2) is 64.1 Å². The van der Waals surface area contributed by atoms with E-state index in [0.29, 0.717) is 31.0 Å². The van der Waals surface area contributed by atoms with Crippen molar-refractivity contribution in [2.75, 3.05) is 18.2 Å². The maximum atomic E-state index is 12.9. The van der Waals surface area contributed by atoms with Crippen LogP contribution in [0.5, 0.6) is 0 Å². The van der Waals surface area contributed by atoms with E-state index in [4.69, 9.17) is 4.18 Å². The van der Waals surface area contributed by atoms with Gasteiger partial charge in [0.2, 0.25) is 5.82 Å². The van der Waals surface area contributed by atoms with Gasteiger partial charge in [0.1, 0.15) is 24.8 Å². The van der Waals surface area contributed by atoms with Gasteiger partial charge in [-0.2, -0.15) is 13.5 Å². The number of hydrogen-bond donors (Lipinski definition) is 1. The first-order chi connectivity index (χ1) is 15.7. The van der Waals surface area contributed by atoms with Crippen molar-refractivity contribution >= 4 is 27.8 Å². The van der Waals surface area contributed by atoms with Crippen molar-refractivity contribution in [2.45, 2.75) is 32.2 Å². The minimum Gasteiger partial charge on any atom is -0.337 e. The fraction of sp³-hybridized carbons (Fsp3) is 0.350. The van der Waals surface area contributed by atoms with Crippen LogP contribution in [-0.2, 0) is 38.8 Å². The molecule has 1 aliphatic rings. The summed E-state index contributed by atoms with van der Waals surface area (Å²) < 4.78 is 30.3. The highest BCUT2D eigenvalue weighted by Crippen LogP contribution is 2.22. The molecule has 0 radical (unpaired) electrons. The molecule has 2 aromatic heterocycles. The molecule has 4 rings (SSSR count). The third-order valence-electron chi connectivity index (χ3n) is 5.06. The molecule has 0 saturated carbocycles. The number of likely N-dealkylation sites (N-methyl/N-ethyl adjacent to an activating group) is 1. The lowest BCUT2D eigenvalue weighted by Gasteiger charge is -2.19. The topological polar surface area (TPSA) is 141 Å². The Hall–Kier alpha value is -3.58. The van der Waals surface area contributed by atoms with Crippen molar-refractivity contribution in [3.63, 3.8) is 0 Å². The van der Waals surface area contributed by atoms with E-state index in [1.54, 1.807) is 22.5 Å². The minimum absolute atomic E-state index is 0.0245. The molecule has 1 aromatic carbocycles. The molecule has 0 bridgehead atoms. The van der Waals surface area contributed by atoms with Gasteiger partial charge in [-0.1, -0.05) is 30.3 Å². The minimum atomic E-state index is -3.61. The van der Waals surface area contributed by atoms with Gasteiger partial charge in [0, 0.05) is 19.7 Å². The fourth-order valence-electron chi connectivity index (χ4n) is 3.45. The van der Waals surface area contributed by atoms with Crippen molar-refractivity contribution < 1.29 is 22.2 Å². The number of nitrogens with one attached hydrogen (secondary N) is 1. The van der Waals surface area contributed by atoms with Crippen LogP contribution in [0.25, 0.3) is 0 Å². The van der Waals surface area contributed by atoms with Gasteiger partial charge >= 0.3 is 0 Å². The Morgan fingerprint density at radius 1 is 1.24 bits per heavy atom. The monoisotopic (exact) mass is 473 g/mol. The number of amides is 2. The van der Waals surface area contributed by atoms with Gasteiger partial charge in [-0.15, -0.1) is 5.10 Å². The van der Waals surface area contributed by atoms with Crippen LogP contribution in [0.1, 0.15) is 28.3 Å². The summed E-state index contributed by atoms with van der Waals surface area (Å²) in [5, 5.41) is 11.2. The quantitative estimate of drug-likeness (QED) is 0.479. The maximum absolute atomic E-state index is 12.9. The van der Waals surface area contributed by atoms with Crippen LogP contribution < -0.4 is 10.2 Å². The molecule has 0 fully saturated rings. The van der Waals surface area contributed by atoms with Crippen molar-refractivity contribution in [3.05, 3.63) is 59.8 Å². The first-order valence-corrected chi connectivity index (χ1v) is 11.9. The summed E-state index contributed by atoms with van der Waals surface area (Å²) in [4.78, 5) is 31.0. The number of aromatic nitrogens is 5. The second-order valence-electron chi connectivity index (χ2n) is 7.65. The Morgan fingerprint density at radius 2 is 2.00 bits per heavy atom. The number of carbonyl (C=O) groups excluding carboxylic acids is 2. The van der Waals surface area contributed by atoms with E-state index in [0.717, 1.165) is 11.8 Å². The van der Waals surface area contributed by atoms with E-state index < -0.39 is 22.1 Å². The van der Waals surface area contributed by atoms with Gasteiger partial charge in [-0.05, 0) is 12.0 Å². The number of carbonyl (C=O) groups is 2. The van der Waals surface area contributed by atoms with Crippen molar-refractivity contribution in [2.24, 2.45) is 0 Å². The molecule has 2 amide bonds. The molecule has 1 atom stereocenters. The predicted molar refractivity (Wildman–Crippen MR) is 117 cm³/mol. The van der Waals surface area contributed by atoms with E-state index >= 15 is 0 Å². The Balaban J connectivity index is 1.40. The average molecular weight is 474 g/mol. The van der Waals surface area contributed by atoms with Crippen LogP contribution in [0.15, 0.2) is 42.7 Å². The highest BCUT2D eigenvalue weighted by molar-refractivity contribution is 7.85. The highest BCUT2D eigenvalue weighted by Gasteiger charge is 2.31. The number of benzene rings is 1. The Kier molecular flexibility index (Phi) is 6.24. The highest BCUT2D eigenvalue weighted by atomic mass is 32.2. The van der Waals surface area contributed by atoms with Gasteiger partial charge in [0.25, 0.3) is 21.9 Å². The van der Waals surface area contributed by atoms with E-state index in [1.165, 1.54) is 11.2 Å². The van der Waals surface area contributed by atoms with Crippen LogP contribution in [0.3, 0.4) is 0 Å². The van der Waals surface area contributed by atoms with Gasteiger partial charge in [0.15, 0.2) is 0 Å². The Bertz CT molecular complexity index is 1270. The standard InChI is InChI=1S/C20H23N7O5S/c1-25-17-10-15(12-32-33(2,30)31)23-27(17)9-8-16(20(25)29)22-19(28)18-21-13-26(24-18)11-14-6-4-3-5-7-14/h3-7,10,13,16H,8-9,11-12H2,1-2H3,(H,22,28). The zero-order valence-corrected chi connectivity index (χ0v) is 18.9. The van der Waals surface area contributed by atoms with Gasteiger partial charge in [-0.3, -0.25) is 18.7 Å². The molecule has 12 nitrogen and oxygen atoms in total. The maximum Gasteiger partial charge on any atom is 0.291 e. The zero-order chi connectivity index (χ0) is 23.6. The first-order valence-electron chi connectivity index (χ1n) is 10.1. The lowest BCUT2D eigenvalue weighted by molar-refractivity contribution is -0.120. The molecule has 3 aromatic rings. The molecule has 174 valence electrons. The summed E-state index contributed by atoms with van der Waals surface area (Å²) in [6.45, 7) is 0.585. The number of nitrogens with zero attached hydrogens (tertiary/aromatic N) is 6. The fourth-order valence-corrected chi connectivity index (χ4v) is 3.79. The predicted octanol–water partition coefficient (Wildman–Crippen LogP) is 0.164. The van der Waals surface area contributed by atoms with Gasteiger partial charge < -0.3 is 5.32 Å². The van der Waals surface area contributed by atoms with Crippen LogP contribution in [0.2, 0.25) is 0 Å². The molecule has 0 aliphatic carbocycles. The SMILES string of the molecule is CN1C(=O)C(NC(=O)c2ncn(Cc3ccccc3)n2)CCn2nc(COS(C)(=O)=O)cc21. The van der Waals surface area contributed by atoms with Gasteiger partial charge in [0.05, 0.1) is 18.5 Å². The van der Waals surface area contributed by atoms with E-state index in [-0.39, 0.29) is 18.3 Å². The summed E-state index contributed by atoms with van der Waals surface area (Å²) in [7, 11) is -2.05. The van der Waals surface area contributed by atoms with Crippen LogP contribution in [0.4, 0.5) is 5.82 Å². The molecule has 1 aliphatic heterocycles. The van der Waals surface area contributed by atoms with E-state index in [9.17, 15) is 18.0 Å². The lowest BCUT2D eigenvalue weighted by Crippen LogP contribution is -2.47. The Labute approximate surface area is 190 Å². The number of hydrogen-bond acceptors (Lipinski definition) is 8. The zero-order valence-electron chi connectivity index (χ0n) is 18.1. The normalized spacial score (nSPS) is 16.4. The first kappa shape index (κ1) is 22.6. The summed E-state index contributed by atoms with van der Waals surface area (Å²) in [5.74, 6) is -0.422. The lowest BCUT2D eigenvalue weighted by atomic mass is 10.2. The number of aryl methyl sites for hydroxylation is 1. The third-order valence-corrected chi connectivity index (χ3v) is 5.61. The second kappa shape index (κ2) is 9.11. The molecule has 33 heavy (non-hydrogen) atoms. The number of fused-ring (bicyclic) bond motifs is 1. The van der Waals surface area contributed by atoms with Crippen molar-refractivity contribution in [1.29, 1.82) is 0 Å². The molecular formula is C20H23N7O5S. The van der Waals surface area contributed by atoms with Crippen molar-refractivity contribution in [3.8, 4) is 0 Å². The Morgan fingerprint density at radius 3 is 2.73 bits per heavy atom. The summed E-state index contributed by atoms with van der Waals surface area (Å²) >= 11 is 0. The molecule has 13 heteroatoms. The van der Waals surface area contributed by atoms with Crippen LogP contribution >= 0.6 is 0 Å². The average Bonchev–Trinajstić information content (AvgIpc) is 3.39. The molecular weight excluding hydrogens is 450 g/mol. The smallest absolute Gasteiger partial charge is 0.291 e. The van der Waals surface area contributed by atoms with E-state index in [2.05, 4.69) is 20.5 Å². The third kappa shape index (κ3) is 5.43. The summed E-state index contributed by atoms with van der Waals surface area (Å²) in [5.41, 5.74) is 1.40. The molecule has 1 unspecified atom stereocenters. The molecule has 1 N–H and O–H groups in total. The van der Waals surface area contributed by atoms with Gasteiger partial charge in [-0.25, -0.2) is 14.3 Å². The van der Waals surface area contributed by atoms with Crippen molar-refractivity contribution in [1.82, 2.24) is 29.9 Å². The van der Waals surface area contributed by atoms with E-state index in [1.807, 2.05) is 30.3 Å². The largest absolute Gasteiger partial charge is 0.337 e. The summed E-state index contributed by atoms with van der Waals surface area (Å²) in [6, 6.07) is 10.4. The number of rotatable bonds is 7. The molecule has 0 saturated heterocycles. The molecule has 0 spiro atoms. The van der Waals surface area contributed by atoms with Crippen LogP contribution in [0, 0.1) is 0 Å².